The molecule has 0 bridgehead atoms. The molecule has 3 heterocycles. The van der Waals surface area contributed by atoms with Crippen molar-refractivity contribution in [3.05, 3.63) is 87.9 Å². The van der Waals surface area contributed by atoms with Gasteiger partial charge in [0.05, 0.1) is 22.7 Å². The standard InChI is InChI=1S/C26H20N8O3/c1-15-10-18(19-13-28-26(29-14-19)34(35)36)11-16(2)23(15)37-24-22-21(8-9-33(22)3)31-25(32-24)30-20-6-4-17(12-27)5-7-20/h4-11,13-14H,1-3H3,(H,30,31,32). The Labute approximate surface area is 211 Å². The fourth-order valence-corrected chi connectivity index (χ4v) is 3.98. The summed E-state index contributed by atoms with van der Waals surface area (Å²) in [5, 5.41) is 23.1. The summed E-state index contributed by atoms with van der Waals surface area (Å²) >= 11 is 0. The highest BCUT2D eigenvalue weighted by Crippen LogP contribution is 2.36. The third kappa shape index (κ3) is 4.63. The number of nitrogens with one attached hydrogen (secondary N) is 1. The number of hydrogen-bond acceptors (Lipinski definition) is 9. The largest absolute Gasteiger partial charge is 0.468 e. The van der Waals surface area contributed by atoms with Crippen LogP contribution < -0.4 is 10.1 Å². The molecule has 0 saturated heterocycles. The van der Waals surface area contributed by atoms with Crippen molar-refractivity contribution < 1.29 is 9.66 Å². The van der Waals surface area contributed by atoms with Gasteiger partial charge in [-0.25, -0.2) is 4.98 Å². The van der Waals surface area contributed by atoms with Gasteiger partial charge in [0.15, 0.2) is 0 Å². The van der Waals surface area contributed by atoms with Gasteiger partial charge in [-0.1, -0.05) is 9.97 Å². The molecule has 0 aliphatic carbocycles. The van der Waals surface area contributed by atoms with E-state index in [4.69, 9.17) is 10.00 Å². The first-order valence-corrected chi connectivity index (χ1v) is 11.2. The summed E-state index contributed by atoms with van der Waals surface area (Å²) < 4.78 is 8.27. The summed E-state index contributed by atoms with van der Waals surface area (Å²) in [5.41, 5.74) is 5.89. The third-order valence-electron chi connectivity index (χ3n) is 5.75. The van der Waals surface area contributed by atoms with Gasteiger partial charge in [-0.15, -0.1) is 0 Å². The second kappa shape index (κ2) is 9.35. The first-order valence-electron chi connectivity index (χ1n) is 11.2. The normalized spacial score (nSPS) is 10.8. The van der Waals surface area contributed by atoms with E-state index in [0.29, 0.717) is 34.2 Å². The lowest BCUT2D eigenvalue weighted by Crippen LogP contribution is -2.02. The van der Waals surface area contributed by atoms with Crippen molar-refractivity contribution in [2.24, 2.45) is 7.05 Å². The number of rotatable bonds is 6. The van der Waals surface area contributed by atoms with Crippen molar-refractivity contribution >= 4 is 28.6 Å². The van der Waals surface area contributed by atoms with Gasteiger partial charge < -0.3 is 24.7 Å². The summed E-state index contributed by atoms with van der Waals surface area (Å²) in [6.07, 6.45) is 4.74. The molecular formula is C26H20N8O3. The number of benzene rings is 2. The molecule has 0 unspecified atom stereocenters. The van der Waals surface area contributed by atoms with Crippen LogP contribution in [0.15, 0.2) is 61.1 Å². The van der Waals surface area contributed by atoms with E-state index < -0.39 is 10.9 Å². The van der Waals surface area contributed by atoms with Crippen molar-refractivity contribution in [3.63, 3.8) is 0 Å². The zero-order chi connectivity index (χ0) is 26.1. The summed E-state index contributed by atoms with van der Waals surface area (Å²) in [7, 11) is 1.89. The molecule has 5 rings (SSSR count). The van der Waals surface area contributed by atoms with E-state index in [2.05, 4.69) is 31.3 Å². The molecule has 2 aromatic carbocycles. The zero-order valence-corrected chi connectivity index (χ0v) is 20.1. The molecule has 1 N–H and O–H groups in total. The van der Waals surface area contributed by atoms with Gasteiger partial charge in [0.2, 0.25) is 11.8 Å². The van der Waals surface area contributed by atoms with Crippen LogP contribution in [-0.2, 0) is 7.05 Å². The maximum absolute atomic E-state index is 10.9. The highest BCUT2D eigenvalue weighted by molar-refractivity contribution is 5.83. The van der Waals surface area contributed by atoms with Crippen LogP contribution in [0.1, 0.15) is 16.7 Å². The number of ether oxygens (including phenoxy) is 1. The first-order chi connectivity index (χ1) is 17.8. The Morgan fingerprint density at radius 3 is 2.32 bits per heavy atom. The van der Waals surface area contributed by atoms with E-state index in [1.54, 1.807) is 24.3 Å². The number of fused-ring (bicyclic) bond motifs is 1. The molecule has 0 atom stereocenters. The van der Waals surface area contributed by atoms with Gasteiger partial charge in [-0.3, -0.25) is 0 Å². The molecule has 0 saturated carbocycles. The molecule has 182 valence electrons. The monoisotopic (exact) mass is 492 g/mol. The van der Waals surface area contributed by atoms with Crippen LogP contribution in [0.4, 0.5) is 17.6 Å². The van der Waals surface area contributed by atoms with Crippen LogP contribution in [0.5, 0.6) is 11.6 Å². The van der Waals surface area contributed by atoms with Gasteiger partial charge in [0, 0.05) is 18.9 Å². The molecule has 5 aromatic rings. The minimum absolute atomic E-state index is 0.355. The minimum atomic E-state index is -0.631. The quantitative estimate of drug-likeness (QED) is 0.244. The molecule has 3 aromatic heterocycles. The number of nitro groups is 1. The number of anilines is 2. The zero-order valence-electron chi connectivity index (χ0n) is 20.1. The number of hydrogen-bond donors (Lipinski definition) is 1. The van der Waals surface area contributed by atoms with E-state index in [9.17, 15) is 10.1 Å². The average Bonchev–Trinajstić information content (AvgIpc) is 3.27. The van der Waals surface area contributed by atoms with Gasteiger partial charge >= 0.3 is 5.95 Å². The molecule has 11 heteroatoms. The fraction of sp³-hybridized carbons (Fsp3) is 0.115. The van der Waals surface area contributed by atoms with Crippen molar-refractivity contribution in [1.29, 1.82) is 5.26 Å². The van der Waals surface area contributed by atoms with Crippen molar-refractivity contribution in [2.75, 3.05) is 5.32 Å². The van der Waals surface area contributed by atoms with Gasteiger partial charge in [-0.2, -0.15) is 10.2 Å². The average molecular weight is 492 g/mol. The van der Waals surface area contributed by atoms with E-state index >= 15 is 0 Å². The molecule has 0 radical (unpaired) electrons. The first kappa shape index (κ1) is 23.4. The molecule has 11 nitrogen and oxygen atoms in total. The molecule has 0 aliphatic heterocycles. The van der Waals surface area contributed by atoms with Crippen LogP contribution in [-0.4, -0.2) is 29.4 Å². The third-order valence-corrected chi connectivity index (χ3v) is 5.75. The summed E-state index contributed by atoms with van der Waals surface area (Å²) in [6, 6.07) is 14.8. The molecule has 37 heavy (non-hydrogen) atoms. The summed E-state index contributed by atoms with van der Waals surface area (Å²) in [6.45, 7) is 3.83. The Balaban J connectivity index is 1.50. The van der Waals surface area contributed by atoms with Crippen molar-refractivity contribution in [1.82, 2.24) is 24.5 Å². The van der Waals surface area contributed by atoms with E-state index in [0.717, 1.165) is 27.9 Å². The van der Waals surface area contributed by atoms with Crippen molar-refractivity contribution in [3.8, 4) is 28.8 Å². The van der Waals surface area contributed by atoms with Crippen LogP contribution in [0.25, 0.3) is 22.2 Å². The van der Waals surface area contributed by atoms with Crippen LogP contribution in [0.3, 0.4) is 0 Å². The number of nitrogens with zero attached hydrogens (tertiary/aromatic N) is 7. The smallest absolute Gasteiger partial charge is 0.436 e. The summed E-state index contributed by atoms with van der Waals surface area (Å²) in [4.78, 5) is 27.1. The van der Waals surface area contributed by atoms with Crippen LogP contribution >= 0.6 is 0 Å². The lowest BCUT2D eigenvalue weighted by atomic mass is 10.0. The minimum Gasteiger partial charge on any atom is -0.436 e. The van der Waals surface area contributed by atoms with Crippen LogP contribution in [0, 0.1) is 35.3 Å². The van der Waals surface area contributed by atoms with E-state index in [1.807, 2.05) is 49.9 Å². The highest BCUT2D eigenvalue weighted by Gasteiger charge is 2.17. The van der Waals surface area contributed by atoms with Gasteiger partial charge in [-0.05, 0) is 77.9 Å². The Hall–Kier alpha value is -5.37. The van der Waals surface area contributed by atoms with Gasteiger partial charge in [0.1, 0.15) is 23.7 Å². The highest BCUT2D eigenvalue weighted by atomic mass is 16.6. The number of aromatic nitrogens is 5. The molecule has 0 spiro atoms. The maximum Gasteiger partial charge on any atom is 0.468 e. The molecular weight excluding hydrogens is 472 g/mol. The fourth-order valence-electron chi connectivity index (χ4n) is 3.98. The van der Waals surface area contributed by atoms with E-state index in [1.165, 1.54) is 12.4 Å². The second-order valence-corrected chi connectivity index (χ2v) is 8.40. The van der Waals surface area contributed by atoms with Crippen molar-refractivity contribution in [2.45, 2.75) is 13.8 Å². The maximum atomic E-state index is 10.9. The number of aryl methyl sites for hydroxylation is 3. The topological polar surface area (TPSA) is 145 Å². The Bertz CT molecular complexity index is 1660. The lowest BCUT2D eigenvalue weighted by Gasteiger charge is -2.15. The molecule has 0 aliphatic rings. The Morgan fingerprint density at radius 2 is 1.70 bits per heavy atom. The van der Waals surface area contributed by atoms with Crippen LogP contribution in [0.2, 0.25) is 0 Å². The molecule has 0 fully saturated rings. The summed E-state index contributed by atoms with van der Waals surface area (Å²) in [5.74, 6) is 0.926. The second-order valence-electron chi connectivity index (χ2n) is 8.40. The predicted octanol–water partition coefficient (Wildman–Crippen LogP) is 5.36. The SMILES string of the molecule is Cc1cc(-c2cnc([N+](=O)[O-])nc2)cc(C)c1Oc1nc(Nc2ccc(C#N)cc2)nc2ccn(C)c12. The Morgan fingerprint density at radius 1 is 1.03 bits per heavy atom. The van der Waals surface area contributed by atoms with Gasteiger partial charge in [0.25, 0.3) is 0 Å². The van der Waals surface area contributed by atoms with E-state index in [-0.39, 0.29) is 0 Å². The lowest BCUT2D eigenvalue weighted by molar-refractivity contribution is -0.394. The number of nitriles is 1. The predicted molar refractivity (Wildman–Crippen MR) is 137 cm³/mol. The molecule has 0 amide bonds. The Kier molecular flexibility index (Phi) is 5.91.